The molecule has 0 aromatic carbocycles. The first-order chi connectivity index (χ1) is 7.59. The van der Waals surface area contributed by atoms with E-state index in [0.29, 0.717) is 19.6 Å². The maximum atomic E-state index is 12.2. The highest BCUT2D eigenvalue weighted by atomic mass is 32.2. The third kappa shape index (κ3) is 3.71. The Balaban J connectivity index is 2.59. The molecule has 5 heteroatoms. The molecule has 0 radical (unpaired) electrons. The number of rotatable bonds is 5. The lowest BCUT2D eigenvalue weighted by atomic mass is 10.2. The second kappa shape index (κ2) is 6.57. The molecule has 0 spiro atoms. The summed E-state index contributed by atoms with van der Waals surface area (Å²) in [5.41, 5.74) is 0. The van der Waals surface area contributed by atoms with E-state index in [1.54, 1.807) is 11.4 Å². The minimum atomic E-state index is -3.19. The van der Waals surface area contributed by atoms with Gasteiger partial charge < -0.3 is 0 Å². The molecule has 0 aromatic rings. The first kappa shape index (κ1) is 13.9. The van der Waals surface area contributed by atoms with Gasteiger partial charge in [0.25, 0.3) is 10.2 Å². The zero-order chi connectivity index (χ0) is 12.0. The van der Waals surface area contributed by atoms with Gasteiger partial charge in [0.2, 0.25) is 0 Å². The average Bonchev–Trinajstić information content (AvgIpc) is 2.54. The van der Waals surface area contributed by atoms with E-state index in [0.717, 1.165) is 38.5 Å². The summed E-state index contributed by atoms with van der Waals surface area (Å²) < 4.78 is 27.5. The monoisotopic (exact) mass is 248 g/mol. The molecule has 1 aliphatic rings. The minimum absolute atomic E-state index is 0.634. The maximum Gasteiger partial charge on any atom is 0.281 e. The maximum absolute atomic E-state index is 12.2. The fourth-order valence-corrected chi connectivity index (χ4v) is 3.44. The molecule has 96 valence electrons. The van der Waals surface area contributed by atoms with Crippen LogP contribution >= 0.6 is 0 Å². The molecule has 1 aliphatic heterocycles. The van der Waals surface area contributed by atoms with Crippen molar-refractivity contribution in [1.29, 1.82) is 0 Å². The van der Waals surface area contributed by atoms with Crippen molar-refractivity contribution in [2.75, 3.05) is 26.7 Å². The van der Waals surface area contributed by atoms with Crippen molar-refractivity contribution in [2.24, 2.45) is 0 Å². The van der Waals surface area contributed by atoms with Crippen LogP contribution in [-0.2, 0) is 10.2 Å². The lowest BCUT2D eigenvalue weighted by molar-refractivity contribution is 0.363. The second-order valence-corrected chi connectivity index (χ2v) is 6.53. The van der Waals surface area contributed by atoms with Crippen molar-refractivity contribution in [3.63, 3.8) is 0 Å². The molecule has 4 nitrogen and oxygen atoms in total. The number of unbranched alkanes of at least 4 members (excludes halogenated alkanes) is 1. The number of nitrogens with zero attached hydrogens (tertiary/aromatic N) is 2. The molecule has 0 N–H and O–H groups in total. The van der Waals surface area contributed by atoms with Gasteiger partial charge in [-0.15, -0.1) is 0 Å². The summed E-state index contributed by atoms with van der Waals surface area (Å²) in [6.07, 6.45) is 6.28. The number of hydrogen-bond donors (Lipinski definition) is 0. The Labute approximate surface area is 99.8 Å². The fraction of sp³-hybridized carbons (Fsp3) is 1.00. The van der Waals surface area contributed by atoms with E-state index in [2.05, 4.69) is 6.92 Å². The van der Waals surface area contributed by atoms with Gasteiger partial charge in [-0.05, 0) is 19.3 Å². The zero-order valence-electron chi connectivity index (χ0n) is 10.5. The van der Waals surface area contributed by atoms with Crippen molar-refractivity contribution in [3.8, 4) is 0 Å². The van der Waals surface area contributed by atoms with Crippen LogP contribution in [0.1, 0.15) is 45.4 Å². The highest BCUT2D eigenvalue weighted by molar-refractivity contribution is 7.86. The predicted molar refractivity (Wildman–Crippen MR) is 66.5 cm³/mol. The van der Waals surface area contributed by atoms with E-state index in [1.807, 2.05) is 0 Å². The summed E-state index contributed by atoms with van der Waals surface area (Å²) in [4.78, 5) is 0. The second-order valence-electron chi connectivity index (χ2n) is 4.50. The first-order valence-electron chi connectivity index (χ1n) is 6.30. The molecule has 0 saturated carbocycles. The molecule has 1 saturated heterocycles. The molecule has 1 heterocycles. The Bertz CT molecular complexity index is 282. The van der Waals surface area contributed by atoms with Gasteiger partial charge in [-0.25, -0.2) is 0 Å². The average molecular weight is 248 g/mol. The van der Waals surface area contributed by atoms with E-state index in [-0.39, 0.29) is 0 Å². The van der Waals surface area contributed by atoms with Crippen LogP contribution in [0.3, 0.4) is 0 Å². The summed E-state index contributed by atoms with van der Waals surface area (Å²) >= 11 is 0. The van der Waals surface area contributed by atoms with Crippen molar-refractivity contribution < 1.29 is 8.42 Å². The highest BCUT2D eigenvalue weighted by Crippen LogP contribution is 2.15. The van der Waals surface area contributed by atoms with Crippen LogP contribution in [0.4, 0.5) is 0 Å². The Kier molecular flexibility index (Phi) is 5.72. The molecule has 16 heavy (non-hydrogen) atoms. The SMILES string of the molecule is CCCCN(C)S(=O)(=O)N1CCCCCC1. The van der Waals surface area contributed by atoms with Crippen LogP contribution in [0.25, 0.3) is 0 Å². The van der Waals surface area contributed by atoms with Crippen LogP contribution in [0.15, 0.2) is 0 Å². The van der Waals surface area contributed by atoms with Gasteiger partial charge in [-0.2, -0.15) is 17.0 Å². The van der Waals surface area contributed by atoms with E-state index in [9.17, 15) is 8.42 Å². The van der Waals surface area contributed by atoms with Crippen LogP contribution in [-0.4, -0.2) is 43.7 Å². The standard InChI is InChI=1S/C11H24N2O2S/c1-3-4-9-12(2)16(14,15)13-10-7-5-6-8-11-13/h3-11H2,1-2H3. The lowest BCUT2D eigenvalue weighted by Gasteiger charge is -2.26. The Hall–Kier alpha value is -0.130. The molecule has 0 aliphatic carbocycles. The van der Waals surface area contributed by atoms with Crippen LogP contribution < -0.4 is 0 Å². The molecule has 0 bridgehead atoms. The van der Waals surface area contributed by atoms with E-state index in [4.69, 9.17) is 0 Å². The molecule has 1 rings (SSSR count). The Morgan fingerprint density at radius 1 is 1.12 bits per heavy atom. The smallest absolute Gasteiger partial charge is 0.195 e. The van der Waals surface area contributed by atoms with Gasteiger partial charge in [0.1, 0.15) is 0 Å². The summed E-state index contributed by atoms with van der Waals surface area (Å²) in [6.45, 7) is 4.10. The Morgan fingerprint density at radius 2 is 1.69 bits per heavy atom. The van der Waals surface area contributed by atoms with Crippen LogP contribution in [0, 0.1) is 0 Å². The van der Waals surface area contributed by atoms with Gasteiger partial charge in [0, 0.05) is 26.7 Å². The minimum Gasteiger partial charge on any atom is -0.195 e. The summed E-state index contributed by atoms with van der Waals surface area (Å²) in [5, 5.41) is 0. The molecule has 1 fully saturated rings. The fourth-order valence-electron chi connectivity index (χ4n) is 1.97. The molecular weight excluding hydrogens is 224 g/mol. The first-order valence-corrected chi connectivity index (χ1v) is 7.70. The number of hydrogen-bond acceptors (Lipinski definition) is 2. The summed E-state index contributed by atoms with van der Waals surface area (Å²) in [5.74, 6) is 0. The van der Waals surface area contributed by atoms with Gasteiger partial charge in [0.05, 0.1) is 0 Å². The normalized spacial score (nSPS) is 19.9. The quantitative estimate of drug-likeness (QED) is 0.745. The lowest BCUT2D eigenvalue weighted by Crippen LogP contribution is -2.42. The molecule has 0 aromatic heterocycles. The van der Waals surface area contributed by atoms with Crippen molar-refractivity contribution in [1.82, 2.24) is 8.61 Å². The molecule has 0 unspecified atom stereocenters. The third-order valence-electron chi connectivity index (χ3n) is 3.11. The van der Waals surface area contributed by atoms with E-state index >= 15 is 0 Å². The molecular formula is C11H24N2O2S. The summed E-state index contributed by atoms with van der Waals surface area (Å²) in [6, 6.07) is 0. The topological polar surface area (TPSA) is 40.6 Å². The van der Waals surface area contributed by atoms with E-state index < -0.39 is 10.2 Å². The van der Waals surface area contributed by atoms with Crippen LogP contribution in [0.2, 0.25) is 0 Å². The zero-order valence-corrected chi connectivity index (χ0v) is 11.3. The Morgan fingerprint density at radius 3 is 2.19 bits per heavy atom. The molecule has 0 atom stereocenters. The third-order valence-corrected chi connectivity index (χ3v) is 5.10. The largest absolute Gasteiger partial charge is 0.281 e. The van der Waals surface area contributed by atoms with Gasteiger partial charge in [0.15, 0.2) is 0 Å². The van der Waals surface area contributed by atoms with Crippen molar-refractivity contribution in [3.05, 3.63) is 0 Å². The van der Waals surface area contributed by atoms with Crippen molar-refractivity contribution >= 4 is 10.2 Å². The van der Waals surface area contributed by atoms with Gasteiger partial charge >= 0.3 is 0 Å². The predicted octanol–water partition coefficient (Wildman–Crippen LogP) is 1.84. The van der Waals surface area contributed by atoms with Crippen molar-refractivity contribution in [2.45, 2.75) is 45.4 Å². The van der Waals surface area contributed by atoms with E-state index in [1.165, 1.54) is 4.31 Å². The van der Waals surface area contributed by atoms with Crippen LogP contribution in [0.5, 0.6) is 0 Å². The molecule has 0 amide bonds. The summed E-state index contributed by atoms with van der Waals surface area (Å²) in [7, 11) is -1.50. The van der Waals surface area contributed by atoms with Gasteiger partial charge in [-0.3, -0.25) is 0 Å². The van der Waals surface area contributed by atoms with Gasteiger partial charge in [-0.1, -0.05) is 26.2 Å². The highest BCUT2D eigenvalue weighted by Gasteiger charge is 2.26.